The van der Waals surface area contributed by atoms with E-state index in [0.29, 0.717) is 43.7 Å². The maximum absolute atomic E-state index is 13.5. The van der Waals surface area contributed by atoms with E-state index in [9.17, 15) is 26.4 Å². The first kappa shape index (κ1) is 24.8. The minimum absolute atomic E-state index is 0.00165. The summed E-state index contributed by atoms with van der Waals surface area (Å²) in [6, 6.07) is 8.74. The number of carbonyl (C=O) groups is 1. The Morgan fingerprint density at radius 2 is 1.62 bits per heavy atom. The minimum Gasteiger partial charge on any atom is -0.338 e. The standard InChI is InChI=1S/C24H30F3N3O3S/c1-17(2)16-34(32,33)19-6-4-18(5-7-19)22(31)29-12-10-23(11-13-29)20-8-9-21(24(25,26)27)30(20)15-14-28(23)3/h4-9,17H,10-16H2,1-3H3. The van der Waals surface area contributed by atoms with Gasteiger partial charge in [0.15, 0.2) is 9.84 Å². The lowest BCUT2D eigenvalue weighted by atomic mass is 9.81. The van der Waals surface area contributed by atoms with Gasteiger partial charge in [-0.25, -0.2) is 8.42 Å². The van der Waals surface area contributed by atoms with Crippen molar-refractivity contribution in [3.05, 3.63) is 53.3 Å². The molecule has 0 N–H and O–H groups in total. The van der Waals surface area contributed by atoms with Crippen LogP contribution in [-0.2, 0) is 28.1 Å². The number of likely N-dealkylation sites (N-methyl/N-ethyl adjacent to an activating group) is 1. The molecule has 0 radical (unpaired) electrons. The minimum atomic E-state index is -4.40. The van der Waals surface area contributed by atoms with Crippen molar-refractivity contribution in [2.24, 2.45) is 5.92 Å². The van der Waals surface area contributed by atoms with Gasteiger partial charge in [0.1, 0.15) is 5.69 Å². The molecule has 34 heavy (non-hydrogen) atoms. The number of likely N-dealkylation sites (tertiary alicyclic amines) is 1. The molecule has 2 aliphatic rings. The summed E-state index contributed by atoms with van der Waals surface area (Å²) in [7, 11) is -1.47. The molecule has 1 fully saturated rings. The highest BCUT2D eigenvalue weighted by Crippen LogP contribution is 2.44. The lowest BCUT2D eigenvalue weighted by Gasteiger charge is -2.50. The Bertz CT molecular complexity index is 1160. The molecule has 186 valence electrons. The van der Waals surface area contributed by atoms with Gasteiger partial charge in [0.25, 0.3) is 5.91 Å². The van der Waals surface area contributed by atoms with Crippen LogP contribution in [0.5, 0.6) is 0 Å². The average Bonchev–Trinajstić information content (AvgIpc) is 3.22. The topological polar surface area (TPSA) is 62.6 Å². The predicted molar refractivity (Wildman–Crippen MR) is 122 cm³/mol. The first-order valence-electron chi connectivity index (χ1n) is 11.5. The van der Waals surface area contributed by atoms with E-state index < -0.39 is 27.2 Å². The van der Waals surface area contributed by atoms with E-state index in [1.54, 1.807) is 11.0 Å². The fraction of sp³-hybridized carbons (Fsp3) is 0.542. The zero-order chi connectivity index (χ0) is 24.9. The van der Waals surface area contributed by atoms with Crippen LogP contribution in [-0.4, -0.2) is 61.1 Å². The highest BCUT2D eigenvalue weighted by Gasteiger charge is 2.47. The van der Waals surface area contributed by atoms with Gasteiger partial charge in [-0.3, -0.25) is 9.69 Å². The van der Waals surface area contributed by atoms with Crippen molar-refractivity contribution in [1.82, 2.24) is 14.4 Å². The molecule has 6 nitrogen and oxygen atoms in total. The van der Waals surface area contributed by atoms with Gasteiger partial charge in [-0.2, -0.15) is 13.2 Å². The van der Waals surface area contributed by atoms with Gasteiger partial charge in [0, 0.05) is 37.4 Å². The maximum Gasteiger partial charge on any atom is 0.431 e. The Labute approximate surface area is 198 Å². The van der Waals surface area contributed by atoms with Crippen molar-refractivity contribution in [1.29, 1.82) is 0 Å². The number of sulfone groups is 1. The lowest BCUT2D eigenvalue weighted by molar-refractivity contribution is -0.144. The highest BCUT2D eigenvalue weighted by molar-refractivity contribution is 7.91. The van der Waals surface area contributed by atoms with Crippen LogP contribution in [0.25, 0.3) is 0 Å². The SMILES string of the molecule is CC(C)CS(=O)(=O)c1ccc(C(=O)N2CCC3(CC2)c2ccc(C(F)(F)F)n2CCN3C)cc1. The smallest absolute Gasteiger partial charge is 0.338 e. The van der Waals surface area contributed by atoms with Gasteiger partial charge in [-0.15, -0.1) is 0 Å². The van der Waals surface area contributed by atoms with Gasteiger partial charge in [0.2, 0.25) is 0 Å². The van der Waals surface area contributed by atoms with Crippen molar-refractivity contribution in [2.75, 3.05) is 32.4 Å². The van der Waals surface area contributed by atoms with Crippen LogP contribution in [0.1, 0.15) is 48.4 Å². The Balaban J connectivity index is 1.50. The van der Waals surface area contributed by atoms with E-state index in [1.807, 2.05) is 20.9 Å². The maximum atomic E-state index is 13.5. The molecule has 1 saturated heterocycles. The first-order valence-corrected chi connectivity index (χ1v) is 13.1. The van der Waals surface area contributed by atoms with Crippen LogP contribution in [0.2, 0.25) is 0 Å². The molecule has 4 rings (SSSR count). The fourth-order valence-corrected chi connectivity index (χ4v) is 6.88. The zero-order valence-electron chi connectivity index (χ0n) is 19.6. The molecule has 1 aromatic carbocycles. The highest BCUT2D eigenvalue weighted by atomic mass is 32.2. The Morgan fingerprint density at radius 1 is 1.00 bits per heavy atom. The number of carbonyl (C=O) groups excluding carboxylic acids is 1. The third-order valence-corrected chi connectivity index (χ3v) is 9.12. The number of hydrogen-bond acceptors (Lipinski definition) is 4. The molecule has 1 aromatic heterocycles. The summed E-state index contributed by atoms with van der Waals surface area (Å²) in [5.74, 6) is -0.162. The van der Waals surface area contributed by atoms with E-state index in [-0.39, 0.29) is 29.0 Å². The summed E-state index contributed by atoms with van der Waals surface area (Å²) >= 11 is 0. The van der Waals surface area contributed by atoms with Gasteiger partial charge >= 0.3 is 6.18 Å². The summed E-state index contributed by atoms with van der Waals surface area (Å²) in [5, 5.41) is 0. The van der Waals surface area contributed by atoms with Crippen molar-refractivity contribution in [2.45, 2.75) is 49.8 Å². The average molecular weight is 498 g/mol. The second-order valence-electron chi connectivity index (χ2n) is 9.70. The number of alkyl halides is 3. The van der Waals surface area contributed by atoms with Crippen LogP contribution < -0.4 is 0 Å². The molecule has 10 heteroatoms. The molecule has 0 bridgehead atoms. The van der Waals surface area contributed by atoms with Crippen molar-refractivity contribution >= 4 is 15.7 Å². The zero-order valence-corrected chi connectivity index (χ0v) is 20.4. The monoisotopic (exact) mass is 497 g/mol. The number of rotatable bonds is 4. The summed E-state index contributed by atoms with van der Waals surface area (Å²) in [4.78, 5) is 17.1. The molecule has 3 heterocycles. The predicted octanol–water partition coefficient (Wildman–Crippen LogP) is 4.01. The molecular formula is C24H30F3N3O3S. The second kappa shape index (κ2) is 8.71. The van der Waals surface area contributed by atoms with Crippen LogP contribution >= 0.6 is 0 Å². The number of halogens is 3. The number of piperidine rings is 1. The number of benzene rings is 1. The summed E-state index contributed by atoms with van der Waals surface area (Å²) in [5.41, 5.74) is -0.117. The number of fused-ring (bicyclic) bond motifs is 2. The van der Waals surface area contributed by atoms with Crippen LogP contribution in [0.15, 0.2) is 41.3 Å². The quantitative estimate of drug-likeness (QED) is 0.641. The van der Waals surface area contributed by atoms with E-state index in [4.69, 9.17) is 0 Å². The van der Waals surface area contributed by atoms with Crippen LogP contribution in [0.3, 0.4) is 0 Å². The van der Waals surface area contributed by atoms with E-state index >= 15 is 0 Å². The summed E-state index contributed by atoms with van der Waals surface area (Å²) in [6.45, 7) is 5.27. The molecule has 0 atom stereocenters. The molecule has 1 spiro atoms. The van der Waals surface area contributed by atoms with E-state index in [0.717, 1.165) is 6.07 Å². The van der Waals surface area contributed by atoms with Crippen molar-refractivity contribution < 1.29 is 26.4 Å². The van der Waals surface area contributed by atoms with E-state index in [2.05, 4.69) is 4.90 Å². The largest absolute Gasteiger partial charge is 0.431 e. The van der Waals surface area contributed by atoms with Gasteiger partial charge in [-0.1, -0.05) is 13.8 Å². The normalized spacial score (nSPS) is 19.0. The fourth-order valence-electron chi connectivity index (χ4n) is 5.26. The molecule has 0 saturated carbocycles. The number of amides is 1. The summed E-state index contributed by atoms with van der Waals surface area (Å²) < 4.78 is 66.6. The van der Waals surface area contributed by atoms with Gasteiger partial charge in [-0.05, 0) is 62.2 Å². The molecule has 2 aliphatic heterocycles. The Morgan fingerprint density at radius 3 is 2.18 bits per heavy atom. The lowest BCUT2D eigenvalue weighted by Crippen LogP contribution is -2.56. The van der Waals surface area contributed by atoms with Gasteiger partial charge < -0.3 is 9.47 Å². The molecule has 0 unspecified atom stereocenters. The van der Waals surface area contributed by atoms with Crippen LogP contribution in [0.4, 0.5) is 13.2 Å². The van der Waals surface area contributed by atoms with E-state index in [1.165, 1.54) is 28.8 Å². The Hall–Kier alpha value is -2.33. The van der Waals surface area contributed by atoms with Crippen molar-refractivity contribution in [3.8, 4) is 0 Å². The molecular weight excluding hydrogens is 467 g/mol. The Kier molecular flexibility index (Phi) is 6.35. The number of aromatic nitrogens is 1. The first-order chi connectivity index (χ1) is 15.8. The third kappa shape index (κ3) is 4.37. The second-order valence-corrected chi connectivity index (χ2v) is 11.7. The molecule has 2 aromatic rings. The molecule has 0 aliphatic carbocycles. The molecule has 1 amide bonds. The van der Waals surface area contributed by atoms with Gasteiger partial charge in [0.05, 0.1) is 16.2 Å². The van der Waals surface area contributed by atoms with Crippen LogP contribution in [0, 0.1) is 5.92 Å². The summed E-state index contributed by atoms with van der Waals surface area (Å²) in [6.07, 6.45) is -3.35. The third-order valence-electron chi connectivity index (χ3n) is 7.03. The number of hydrogen-bond donors (Lipinski definition) is 0. The van der Waals surface area contributed by atoms with Crippen molar-refractivity contribution in [3.63, 3.8) is 0 Å². The number of nitrogens with zero attached hydrogens (tertiary/aromatic N) is 3.